The Morgan fingerprint density at radius 1 is 0.554 bits per heavy atom. The molecular weight excluding hydrogens is 725 g/mol. The summed E-state index contributed by atoms with van der Waals surface area (Å²) in [5.41, 5.74) is 0. The predicted octanol–water partition coefficient (Wildman–Crippen LogP) is 13.1. The van der Waals surface area contributed by atoms with Gasteiger partial charge >= 0.3 is 19.8 Å². The van der Waals surface area contributed by atoms with Crippen LogP contribution < -0.4 is 0 Å². The monoisotopic (exact) mass is 815 g/mol. The highest BCUT2D eigenvalue weighted by atomic mass is 31.2. The number of phosphoric acid groups is 1. The predicted molar refractivity (Wildman–Crippen MR) is 234 cm³/mol. The van der Waals surface area contributed by atoms with Crippen molar-refractivity contribution < 1.29 is 42.1 Å². The number of carbonyl (C=O) groups is 2. The number of carbonyl (C=O) groups excluding carboxylic acids is 2. The molecule has 0 heterocycles. The lowest BCUT2D eigenvalue weighted by molar-refractivity contribution is -0.870. The van der Waals surface area contributed by atoms with Crippen LogP contribution in [0.5, 0.6) is 0 Å². The average molecular weight is 815 g/mol. The molecule has 0 amide bonds. The van der Waals surface area contributed by atoms with Crippen LogP contribution in [0.4, 0.5) is 0 Å². The number of unbranched alkanes of at least 4 members (excludes halogenated alkanes) is 24. The van der Waals surface area contributed by atoms with E-state index in [4.69, 9.17) is 18.5 Å². The van der Waals surface area contributed by atoms with E-state index in [0.29, 0.717) is 23.9 Å². The molecule has 0 aromatic carbocycles. The molecule has 0 saturated carbocycles. The molecule has 1 unspecified atom stereocenters. The molecule has 0 fully saturated rings. The molecule has 0 saturated heterocycles. The van der Waals surface area contributed by atoms with Crippen LogP contribution in [0.3, 0.4) is 0 Å². The van der Waals surface area contributed by atoms with Crippen molar-refractivity contribution in [3.05, 3.63) is 24.3 Å². The van der Waals surface area contributed by atoms with Crippen LogP contribution in [0, 0.1) is 0 Å². The summed E-state index contributed by atoms with van der Waals surface area (Å²) in [6.07, 6.45) is 42.2. The third-order valence-corrected chi connectivity index (χ3v) is 11.0. The van der Waals surface area contributed by atoms with Crippen molar-refractivity contribution >= 4 is 19.8 Å². The second-order valence-corrected chi connectivity index (χ2v) is 18.2. The highest BCUT2D eigenvalue weighted by molar-refractivity contribution is 7.47. The molecule has 330 valence electrons. The molecule has 0 spiro atoms. The van der Waals surface area contributed by atoms with Gasteiger partial charge in [-0.1, -0.05) is 173 Å². The summed E-state index contributed by atoms with van der Waals surface area (Å²) in [6, 6.07) is 0. The maximum atomic E-state index is 12.7. The van der Waals surface area contributed by atoms with E-state index in [-0.39, 0.29) is 25.6 Å². The minimum atomic E-state index is -4.38. The summed E-state index contributed by atoms with van der Waals surface area (Å²) in [7, 11) is 1.47. The zero-order chi connectivity index (χ0) is 41.4. The number of phosphoric ester groups is 1. The SMILES string of the molecule is CCCCC/C=C\C/C=C\CCCCCCCC(=O)O[C@H](COC(=O)CCCCCCCCCCCCCCCCCCC)COP(=O)(O)OCC[N+](C)(C)C. The van der Waals surface area contributed by atoms with Crippen molar-refractivity contribution in [1.82, 2.24) is 0 Å². The van der Waals surface area contributed by atoms with Gasteiger partial charge in [0.1, 0.15) is 19.8 Å². The second-order valence-electron chi connectivity index (χ2n) is 16.8. The number of quaternary nitrogens is 1. The van der Waals surface area contributed by atoms with Crippen molar-refractivity contribution in [2.24, 2.45) is 0 Å². The summed E-state index contributed by atoms with van der Waals surface area (Å²) in [6.45, 7) is 4.40. The van der Waals surface area contributed by atoms with Gasteiger partial charge in [-0.15, -0.1) is 0 Å². The molecule has 0 aliphatic rings. The fraction of sp³-hybridized carbons (Fsp3) is 0.870. The van der Waals surface area contributed by atoms with E-state index in [9.17, 15) is 19.0 Å². The molecule has 9 nitrogen and oxygen atoms in total. The third kappa shape index (κ3) is 42.1. The molecular formula is C46H89NO8P+. The molecule has 10 heteroatoms. The zero-order valence-electron chi connectivity index (χ0n) is 37.1. The average Bonchev–Trinajstić information content (AvgIpc) is 3.15. The smallest absolute Gasteiger partial charge is 0.462 e. The van der Waals surface area contributed by atoms with E-state index in [2.05, 4.69) is 38.2 Å². The minimum Gasteiger partial charge on any atom is -0.462 e. The lowest BCUT2D eigenvalue weighted by Gasteiger charge is -2.24. The topological polar surface area (TPSA) is 108 Å². The van der Waals surface area contributed by atoms with Gasteiger partial charge in [-0.25, -0.2) is 4.57 Å². The highest BCUT2D eigenvalue weighted by Crippen LogP contribution is 2.43. The highest BCUT2D eigenvalue weighted by Gasteiger charge is 2.27. The first-order valence-electron chi connectivity index (χ1n) is 23.1. The number of nitrogens with zero attached hydrogens (tertiary/aromatic N) is 1. The Morgan fingerprint density at radius 3 is 1.45 bits per heavy atom. The van der Waals surface area contributed by atoms with Gasteiger partial charge in [0.05, 0.1) is 27.7 Å². The molecule has 2 atom stereocenters. The lowest BCUT2D eigenvalue weighted by atomic mass is 10.0. The number of likely N-dealkylation sites (N-methyl/N-ethyl adjacent to an activating group) is 1. The summed E-state index contributed by atoms with van der Waals surface area (Å²) in [5.74, 6) is -0.806. The Labute approximate surface area is 345 Å². The summed E-state index contributed by atoms with van der Waals surface area (Å²) >= 11 is 0. The van der Waals surface area contributed by atoms with Gasteiger partial charge < -0.3 is 18.9 Å². The first-order chi connectivity index (χ1) is 27.0. The fourth-order valence-corrected chi connectivity index (χ4v) is 7.08. The summed E-state index contributed by atoms with van der Waals surface area (Å²) in [4.78, 5) is 35.4. The van der Waals surface area contributed by atoms with Gasteiger partial charge in [-0.05, 0) is 44.9 Å². The number of hydrogen-bond donors (Lipinski definition) is 1. The van der Waals surface area contributed by atoms with E-state index >= 15 is 0 Å². The van der Waals surface area contributed by atoms with Crippen molar-refractivity contribution in [1.29, 1.82) is 0 Å². The maximum Gasteiger partial charge on any atom is 0.472 e. The van der Waals surface area contributed by atoms with Crippen LogP contribution in [-0.2, 0) is 32.7 Å². The van der Waals surface area contributed by atoms with E-state index in [0.717, 1.165) is 57.8 Å². The Bertz CT molecular complexity index is 1010. The number of allylic oxidation sites excluding steroid dienone is 4. The molecule has 0 rings (SSSR count). The van der Waals surface area contributed by atoms with Crippen LogP contribution in [0.2, 0.25) is 0 Å². The number of hydrogen-bond acceptors (Lipinski definition) is 7. The Morgan fingerprint density at radius 2 is 0.964 bits per heavy atom. The van der Waals surface area contributed by atoms with E-state index in [1.165, 1.54) is 116 Å². The molecule has 0 aromatic heterocycles. The van der Waals surface area contributed by atoms with Gasteiger partial charge in [0.25, 0.3) is 0 Å². The number of rotatable bonds is 42. The van der Waals surface area contributed by atoms with E-state index in [1.54, 1.807) is 0 Å². The Balaban J connectivity index is 4.32. The van der Waals surface area contributed by atoms with Crippen molar-refractivity contribution in [3.8, 4) is 0 Å². The first-order valence-corrected chi connectivity index (χ1v) is 24.6. The van der Waals surface area contributed by atoms with E-state index < -0.39 is 26.5 Å². The van der Waals surface area contributed by atoms with Gasteiger partial charge in [0.2, 0.25) is 0 Å². The number of ether oxygens (including phenoxy) is 2. The van der Waals surface area contributed by atoms with Gasteiger partial charge in [-0.3, -0.25) is 18.6 Å². The Hall–Kier alpha value is -1.51. The molecule has 0 radical (unpaired) electrons. The van der Waals surface area contributed by atoms with Gasteiger partial charge in [0, 0.05) is 12.8 Å². The molecule has 0 aliphatic heterocycles. The third-order valence-electron chi connectivity index (χ3n) is 9.98. The molecule has 0 aromatic rings. The quantitative estimate of drug-likeness (QED) is 0.0213. The summed E-state index contributed by atoms with van der Waals surface area (Å²) < 4.78 is 34.3. The first kappa shape index (κ1) is 54.5. The van der Waals surface area contributed by atoms with Crippen molar-refractivity contribution in [2.45, 2.75) is 213 Å². The molecule has 0 aliphatic carbocycles. The molecule has 56 heavy (non-hydrogen) atoms. The van der Waals surface area contributed by atoms with E-state index in [1.807, 2.05) is 21.1 Å². The van der Waals surface area contributed by atoms with Crippen LogP contribution in [0.25, 0.3) is 0 Å². The fourth-order valence-electron chi connectivity index (χ4n) is 6.34. The van der Waals surface area contributed by atoms with Crippen LogP contribution in [-0.4, -0.2) is 74.9 Å². The Kier molecular flexibility index (Phi) is 37.9. The van der Waals surface area contributed by atoms with Gasteiger partial charge in [-0.2, -0.15) is 0 Å². The normalized spacial score (nSPS) is 13.8. The summed E-state index contributed by atoms with van der Waals surface area (Å²) in [5, 5.41) is 0. The largest absolute Gasteiger partial charge is 0.472 e. The lowest BCUT2D eigenvalue weighted by Crippen LogP contribution is -2.37. The molecule has 0 bridgehead atoms. The zero-order valence-corrected chi connectivity index (χ0v) is 38.0. The minimum absolute atomic E-state index is 0.0307. The molecule has 1 N–H and O–H groups in total. The second kappa shape index (κ2) is 39.0. The van der Waals surface area contributed by atoms with Crippen LogP contribution >= 0.6 is 7.82 Å². The van der Waals surface area contributed by atoms with Crippen molar-refractivity contribution in [3.63, 3.8) is 0 Å². The van der Waals surface area contributed by atoms with Crippen LogP contribution in [0.1, 0.15) is 206 Å². The maximum absolute atomic E-state index is 12.7. The standard InChI is InChI=1S/C46H88NO8P/c1-6-8-10-12-14-16-18-20-22-23-25-26-28-30-32-34-36-38-45(48)52-42-44(43-54-56(50,51)53-41-40-47(3,4)5)55-46(49)39-37-35-33-31-29-27-24-21-19-17-15-13-11-9-7-2/h15,17,21,24,44H,6-14,16,18-20,22-23,25-43H2,1-5H3/p+1/b17-15-,24-21-/t44-/m1/s1. The van der Waals surface area contributed by atoms with Crippen LogP contribution in [0.15, 0.2) is 24.3 Å². The number of esters is 2. The van der Waals surface area contributed by atoms with Gasteiger partial charge in [0.15, 0.2) is 6.10 Å². The van der Waals surface area contributed by atoms with Crippen molar-refractivity contribution in [2.75, 3.05) is 47.5 Å².